The van der Waals surface area contributed by atoms with Crippen LogP contribution < -0.4 is 5.32 Å². The molecule has 3 heterocycles. The van der Waals surface area contributed by atoms with Crippen molar-refractivity contribution in [3.8, 4) is 10.6 Å². The number of rotatable bonds is 5. The van der Waals surface area contributed by atoms with Gasteiger partial charge >= 0.3 is 5.97 Å². The topological polar surface area (TPSA) is 97.1 Å². The number of carboxylic acid groups (broad SMARTS) is 1. The second-order valence-corrected chi connectivity index (χ2v) is 7.76. The van der Waals surface area contributed by atoms with Gasteiger partial charge in [-0.2, -0.15) is 5.10 Å². The first-order valence-corrected chi connectivity index (χ1v) is 8.98. The van der Waals surface area contributed by atoms with Crippen LogP contribution in [0.4, 0.5) is 0 Å². The second kappa shape index (κ2) is 6.53. The average molecular weight is 372 g/mol. The van der Waals surface area contributed by atoms with Crippen molar-refractivity contribution in [1.82, 2.24) is 20.1 Å². The fraction of sp³-hybridized carbons (Fsp3) is 0.333. The van der Waals surface area contributed by atoms with Gasteiger partial charge < -0.3 is 10.4 Å². The molecule has 0 fully saturated rings. The van der Waals surface area contributed by atoms with E-state index in [1.54, 1.807) is 31.6 Å². The minimum absolute atomic E-state index is 0.0264. The number of carbonyl (C=O) groups excluding carboxylic acids is 1. The summed E-state index contributed by atoms with van der Waals surface area (Å²) in [5, 5.41) is 19.0. The number of aromatic nitrogens is 3. The van der Waals surface area contributed by atoms with Gasteiger partial charge in [-0.15, -0.1) is 11.3 Å². The van der Waals surface area contributed by atoms with E-state index in [-0.39, 0.29) is 12.5 Å². The molecule has 0 aromatic carbocycles. The maximum atomic E-state index is 12.8. The van der Waals surface area contributed by atoms with E-state index in [0.29, 0.717) is 28.0 Å². The molecule has 7 nitrogen and oxygen atoms in total. The molecule has 3 rings (SSSR count). The van der Waals surface area contributed by atoms with Gasteiger partial charge in [0.1, 0.15) is 0 Å². The summed E-state index contributed by atoms with van der Waals surface area (Å²) in [6.45, 7) is 5.00. The van der Waals surface area contributed by atoms with Crippen LogP contribution in [-0.4, -0.2) is 38.3 Å². The fourth-order valence-corrected chi connectivity index (χ4v) is 3.33. The maximum Gasteiger partial charge on any atom is 0.310 e. The quantitative estimate of drug-likeness (QED) is 0.718. The Morgan fingerprint density at radius 1 is 1.38 bits per heavy atom. The van der Waals surface area contributed by atoms with Gasteiger partial charge in [-0.05, 0) is 38.3 Å². The molecular weight excluding hydrogens is 352 g/mol. The van der Waals surface area contributed by atoms with Crippen molar-refractivity contribution in [2.45, 2.75) is 20.8 Å². The number of aryl methyl sites for hydroxylation is 2. The van der Waals surface area contributed by atoms with Crippen LogP contribution in [-0.2, 0) is 11.8 Å². The summed E-state index contributed by atoms with van der Waals surface area (Å²) < 4.78 is 1.65. The van der Waals surface area contributed by atoms with Gasteiger partial charge in [0, 0.05) is 13.6 Å². The summed E-state index contributed by atoms with van der Waals surface area (Å²) in [6.07, 6.45) is 0. The highest BCUT2D eigenvalue weighted by Gasteiger charge is 2.28. The van der Waals surface area contributed by atoms with Crippen LogP contribution in [0.3, 0.4) is 0 Å². The summed E-state index contributed by atoms with van der Waals surface area (Å²) in [4.78, 5) is 29.7. The van der Waals surface area contributed by atoms with E-state index in [0.717, 1.165) is 4.88 Å². The predicted octanol–water partition coefficient (Wildman–Crippen LogP) is 2.85. The Hall–Kier alpha value is -2.74. The Bertz CT molecular complexity index is 990. The zero-order chi connectivity index (χ0) is 19.1. The average Bonchev–Trinajstić information content (AvgIpc) is 3.21. The molecule has 3 aromatic heterocycles. The molecule has 0 atom stereocenters. The molecule has 8 heteroatoms. The minimum Gasteiger partial charge on any atom is -0.481 e. The van der Waals surface area contributed by atoms with Gasteiger partial charge in [0.25, 0.3) is 5.91 Å². The number of pyridine rings is 1. The molecule has 2 N–H and O–H groups in total. The third kappa shape index (κ3) is 3.20. The van der Waals surface area contributed by atoms with Crippen LogP contribution in [0.1, 0.15) is 29.9 Å². The molecule has 0 saturated heterocycles. The maximum absolute atomic E-state index is 12.8. The lowest BCUT2D eigenvalue weighted by atomic mass is 9.93. The minimum atomic E-state index is -1.05. The number of fused-ring (bicyclic) bond motifs is 1. The van der Waals surface area contributed by atoms with Crippen LogP contribution >= 0.6 is 11.3 Å². The van der Waals surface area contributed by atoms with E-state index in [4.69, 9.17) is 0 Å². The van der Waals surface area contributed by atoms with Gasteiger partial charge in [0.05, 0.1) is 32.6 Å². The van der Waals surface area contributed by atoms with Crippen molar-refractivity contribution in [2.75, 3.05) is 6.54 Å². The van der Waals surface area contributed by atoms with Crippen molar-refractivity contribution in [1.29, 1.82) is 0 Å². The Morgan fingerprint density at radius 3 is 2.73 bits per heavy atom. The predicted molar refractivity (Wildman–Crippen MR) is 100 cm³/mol. The number of hydrogen-bond acceptors (Lipinski definition) is 5. The first-order chi connectivity index (χ1) is 12.2. The molecule has 0 bridgehead atoms. The second-order valence-electron chi connectivity index (χ2n) is 6.81. The van der Waals surface area contributed by atoms with Crippen molar-refractivity contribution in [3.05, 3.63) is 34.8 Å². The Morgan fingerprint density at radius 2 is 2.12 bits per heavy atom. The van der Waals surface area contributed by atoms with Crippen LogP contribution in [0.15, 0.2) is 23.6 Å². The van der Waals surface area contributed by atoms with E-state index >= 15 is 0 Å². The number of hydrogen-bond donors (Lipinski definition) is 2. The van der Waals surface area contributed by atoms with Crippen molar-refractivity contribution < 1.29 is 14.7 Å². The number of carbonyl (C=O) groups is 2. The number of nitrogens with zero attached hydrogens (tertiary/aromatic N) is 3. The highest BCUT2D eigenvalue weighted by atomic mass is 32.1. The molecule has 0 aliphatic carbocycles. The van der Waals surface area contributed by atoms with Gasteiger partial charge in [-0.1, -0.05) is 6.07 Å². The van der Waals surface area contributed by atoms with E-state index in [1.807, 2.05) is 24.4 Å². The zero-order valence-corrected chi connectivity index (χ0v) is 15.8. The molecule has 0 radical (unpaired) electrons. The van der Waals surface area contributed by atoms with Gasteiger partial charge in [-0.3, -0.25) is 14.3 Å². The highest BCUT2D eigenvalue weighted by Crippen LogP contribution is 2.29. The SMILES string of the molecule is Cc1nn(C)c2nc(-c3cccs3)cc(C(=O)NCC(C)(C)C(=O)O)c12. The van der Waals surface area contributed by atoms with E-state index < -0.39 is 11.4 Å². The summed E-state index contributed by atoms with van der Waals surface area (Å²) in [7, 11) is 1.79. The van der Waals surface area contributed by atoms with Gasteiger partial charge in [0.2, 0.25) is 0 Å². The lowest BCUT2D eigenvalue weighted by molar-refractivity contribution is -0.146. The monoisotopic (exact) mass is 372 g/mol. The Balaban J connectivity index is 2.06. The first-order valence-electron chi connectivity index (χ1n) is 8.10. The molecular formula is C18H20N4O3S. The highest BCUT2D eigenvalue weighted by molar-refractivity contribution is 7.13. The molecule has 0 aliphatic rings. The van der Waals surface area contributed by atoms with Gasteiger partial charge in [0.15, 0.2) is 5.65 Å². The zero-order valence-electron chi connectivity index (χ0n) is 15.0. The normalized spacial score (nSPS) is 11.7. The molecule has 1 amide bonds. The third-order valence-electron chi connectivity index (χ3n) is 4.26. The fourth-order valence-electron chi connectivity index (χ4n) is 2.65. The molecule has 0 spiro atoms. The Labute approximate surface area is 154 Å². The van der Waals surface area contributed by atoms with Crippen LogP contribution in [0.2, 0.25) is 0 Å². The van der Waals surface area contributed by atoms with Crippen LogP contribution in [0.5, 0.6) is 0 Å². The van der Waals surface area contributed by atoms with E-state index in [2.05, 4.69) is 15.4 Å². The van der Waals surface area contributed by atoms with Crippen molar-refractivity contribution in [3.63, 3.8) is 0 Å². The lowest BCUT2D eigenvalue weighted by Gasteiger charge is -2.19. The third-order valence-corrected chi connectivity index (χ3v) is 5.15. The smallest absolute Gasteiger partial charge is 0.310 e. The Kier molecular flexibility index (Phi) is 4.53. The first kappa shape index (κ1) is 18.1. The van der Waals surface area contributed by atoms with Gasteiger partial charge in [-0.25, -0.2) is 4.98 Å². The number of thiophene rings is 1. The van der Waals surface area contributed by atoms with Crippen LogP contribution in [0.25, 0.3) is 21.6 Å². The molecule has 3 aromatic rings. The molecule has 0 aliphatic heterocycles. The molecule has 0 saturated carbocycles. The molecule has 26 heavy (non-hydrogen) atoms. The number of aliphatic carboxylic acids is 1. The number of carboxylic acids is 1. The summed E-state index contributed by atoms with van der Waals surface area (Å²) in [6, 6.07) is 5.61. The van der Waals surface area contributed by atoms with Crippen molar-refractivity contribution in [2.24, 2.45) is 12.5 Å². The lowest BCUT2D eigenvalue weighted by Crippen LogP contribution is -2.39. The number of nitrogens with one attached hydrogen (secondary N) is 1. The van der Waals surface area contributed by atoms with Crippen molar-refractivity contribution >= 4 is 34.2 Å². The standard InChI is InChI=1S/C18H20N4O3S/c1-10-14-11(16(23)19-9-18(2,3)17(24)25)8-12(13-6-5-7-26-13)20-15(14)22(4)21-10/h5-8H,9H2,1-4H3,(H,19,23)(H,24,25). The summed E-state index contributed by atoms with van der Waals surface area (Å²) >= 11 is 1.54. The number of amides is 1. The molecule has 0 unspecified atom stereocenters. The molecule has 136 valence electrons. The largest absolute Gasteiger partial charge is 0.481 e. The summed E-state index contributed by atoms with van der Waals surface area (Å²) in [5.74, 6) is -1.30. The van der Waals surface area contributed by atoms with Crippen LogP contribution in [0, 0.1) is 12.3 Å². The van der Waals surface area contributed by atoms with E-state index in [9.17, 15) is 14.7 Å². The summed E-state index contributed by atoms with van der Waals surface area (Å²) in [5.41, 5.74) is 1.41. The van der Waals surface area contributed by atoms with E-state index in [1.165, 1.54) is 11.3 Å².